The fraction of sp³-hybridized carbons (Fsp3) is 0.0833. The van der Waals surface area contributed by atoms with Crippen molar-refractivity contribution >= 4 is 28.4 Å². The second-order valence-corrected chi connectivity index (χ2v) is 6.96. The number of para-hydroxylation sites is 2. The van der Waals surface area contributed by atoms with Crippen LogP contribution in [-0.4, -0.2) is 24.1 Å². The second-order valence-electron chi connectivity index (χ2n) is 6.52. The molecule has 5 nitrogen and oxygen atoms in total. The van der Waals surface area contributed by atoms with E-state index >= 15 is 0 Å². The normalized spacial score (nSPS) is 10.7. The lowest BCUT2D eigenvalue weighted by atomic mass is 10.0. The molecule has 30 heavy (non-hydrogen) atoms. The standard InChI is InChI=1S/C24H19ClN2O3/c25-18-12-10-17(11-13-18)23-16-21(20-8-4-5-9-22(20)26-23)24(28)27-30-15-14-29-19-6-2-1-3-7-19/h1-13,16H,14-15H2,(H,27,28). The molecule has 1 amide bonds. The molecule has 4 aromatic rings. The number of nitrogens with one attached hydrogen (secondary N) is 1. The molecule has 150 valence electrons. The molecule has 0 unspecified atom stereocenters. The predicted octanol–water partition coefficient (Wildman–Crippen LogP) is 5.30. The predicted molar refractivity (Wildman–Crippen MR) is 118 cm³/mol. The van der Waals surface area contributed by atoms with Crippen LogP contribution in [0.25, 0.3) is 22.2 Å². The number of benzene rings is 3. The van der Waals surface area contributed by atoms with E-state index in [2.05, 4.69) is 10.5 Å². The van der Waals surface area contributed by atoms with Crippen molar-refractivity contribution in [1.29, 1.82) is 0 Å². The number of carbonyl (C=O) groups is 1. The zero-order chi connectivity index (χ0) is 20.8. The molecule has 0 radical (unpaired) electrons. The third kappa shape index (κ3) is 4.76. The maximum Gasteiger partial charge on any atom is 0.275 e. The van der Waals surface area contributed by atoms with E-state index in [-0.39, 0.29) is 12.5 Å². The summed E-state index contributed by atoms with van der Waals surface area (Å²) in [5.41, 5.74) is 5.26. The smallest absolute Gasteiger partial charge is 0.275 e. The van der Waals surface area contributed by atoms with Gasteiger partial charge >= 0.3 is 0 Å². The van der Waals surface area contributed by atoms with E-state index in [1.54, 1.807) is 18.2 Å². The molecule has 0 saturated carbocycles. The number of nitrogens with zero attached hydrogens (tertiary/aromatic N) is 1. The molecule has 0 fully saturated rings. The third-order valence-electron chi connectivity index (χ3n) is 4.46. The van der Waals surface area contributed by atoms with Gasteiger partial charge in [0.25, 0.3) is 5.91 Å². The number of aromatic nitrogens is 1. The number of halogens is 1. The lowest BCUT2D eigenvalue weighted by Gasteiger charge is -2.11. The van der Waals surface area contributed by atoms with Crippen LogP contribution in [0.15, 0.2) is 84.9 Å². The Kier molecular flexibility index (Phi) is 6.23. The average molecular weight is 419 g/mol. The Morgan fingerprint density at radius 3 is 2.43 bits per heavy atom. The maximum atomic E-state index is 12.8. The molecule has 0 saturated heterocycles. The van der Waals surface area contributed by atoms with Crippen molar-refractivity contribution in [3.63, 3.8) is 0 Å². The molecule has 0 atom stereocenters. The van der Waals surface area contributed by atoms with Gasteiger partial charge in [-0.2, -0.15) is 0 Å². The van der Waals surface area contributed by atoms with Crippen molar-refractivity contribution < 1.29 is 14.4 Å². The summed E-state index contributed by atoms with van der Waals surface area (Å²) >= 11 is 5.99. The highest BCUT2D eigenvalue weighted by Gasteiger charge is 2.14. The van der Waals surface area contributed by atoms with Crippen molar-refractivity contribution in [2.24, 2.45) is 0 Å². The number of amides is 1. The Bertz CT molecular complexity index is 1150. The van der Waals surface area contributed by atoms with Gasteiger partial charge in [0.1, 0.15) is 19.0 Å². The summed E-state index contributed by atoms with van der Waals surface area (Å²) in [6, 6.07) is 26.0. The number of fused-ring (bicyclic) bond motifs is 1. The highest BCUT2D eigenvalue weighted by molar-refractivity contribution is 6.30. The molecule has 1 heterocycles. The van der Waals surface area contributed by atoms with Crippen LogP contribution >= 0.6 is 11.6 Å². The van der Waals surface area contributed by atoms with E-state index in [1.165, 1.54) is 0 Å². The van der Waals surface area contributed by atoms with Gasteiger partial charge in [0, 0.05) is 16.0 Å². The number of hydrogen-bond donors (Lipinski definition) is 1. The average Bonchev–Trinajstić information content (AvgIpc) is 2.79. The molecule has 0 bridgehead atoms. The lowest BCUT2D eigenvalue weighted by molar-refractivity contribution is 0.0201. The van der Waals surface area contributed by atoms with Crippen LogP contribution < -0.4 is 10.2 Å². The largest absolute Gasteiger partial charge is 0.491 e. The number of hydrogen-bond acceptors (Lipinski definition) is 4. The summed E-state index contributed by atoms with van der Waals surface area (Å²) in [6.07, 6.45) is 0. The van der Waals surface area contributed by atoms with Gasteiger partial charge < -0.3 is 4.74 Å². The van der Waals surface area contributed by atoms with Gasteiger partial charge in [-0.1, -0.05) is 60.1 Å². The van der Waals surface area contributed by atoms with Gasteiger partial charge in [0.15, 0.2) is 0 Å². The molecule has 4 rings (SSSR count). The number of pyridine rings is 1. The van der Waals surface area contributed by atoms with Crippen LogP contribution in [0.2, 0.25) is 5.02 Å². The van der Waals surface area contributed by atoms with Crippen LogP contribution in [0.5, 0.6) is 5.75 Å². The minimum atomic E-state index is -0.344. The minimum Gasteiger partial charge on any atom is -0.491 e. The number of rotatable bonds is 7. The summed E-state index contributed by atoms with van der Waals surface area (Å²) in [6.45, 7) is 0.533. The summed E-state index contributed by atoms with van der Waals surface area (Å²) < 4.78 is 5.55. The first kappa shape index (κ1) is 19.9. The fourth-order valence-electron chi connectivity index (χ4n) is 3.02. The molecule has 0 spiro atoms. The second kappa shape index (κ2) is 9.39. The van der Waals surface area contributed by atoms with Crippen LogP contribution in [0.4, 0.5) is 0 Å². The van der Waals surface area contributed by atoms with E-state index in [0.717, 1.165) is 22.2 Å². The Hall–Kier alpha value is -3.41. The van der Waals surface area contributed by atoms with Crippen molar-refractivity contribution in [2.45, 2.75) is 0 Å². The fourth-order valence-corrected chi connectivity index (χ4v) is 3.15. The van der Waals surface area contributed by atoms with Crippen LogP contribution in [0.3, 0.4) is 0 Å². The van der Waals surface area contributed by atoms with Crippen LogP contribution in [0, 0.1) is 0 Å². The molecular formula is C24H19ClN2O3. The van der Waals surface area contributed by atoms with Crippen LogP contribution in [-0.2, 0) is 4.84 Å². The third-order valence-corrected chi connectivity index (χ3v) is 4.71. The van der Waals surface area contributed by atoms with Gasteiger partial charge in [-0.25, -0.2) is 10.5 Å². The number of hydroxylamine groups is 1. The highest BCUT2D eigenvalue weighted by atomic mass is 35.5. The first-order valence-electron chi connectivity index (χ1n) is 9.46. The molecule has 3 aromatic carbocycles. The maximum absolute atomic E-state index is 12.8. The minimum absolute atomic E-state index is 0.216. The van der Waals surface area contributed by atoms with E-state index in [4.69, 9.17) is 21.2 Å². The summed E-state index contributed by atoms with van der Waals surface area (Å²) in [7, 11) is 0. The number of carbonyl (C=O) groups excluding carboxylic acids is 1. The number of ether oxygens (including phenoxy) is 1. The van der Waals surface area contributed by atoms with Gasteiger partial charge in [-0.15, -0.1) is 0 Å². The van der Waals surface area contributed by atoms with Crippen molar-refractivity contribution in [3.05, 3.63) is 95.5 Å². The van der Waals surface area contributed by atoms with Gasteiger partial charge in [0.05, 0.1) is 16.8 Å². The van der Waals surface area contributed by atoms with Gasteiger partial charge in [-0.05, 0) is 36.4 Å². The Labute approximate surface area is 179 Å². The molecule has 0 aliphatic heterocycles. The zero-order valence-corrected chi connectivity index (χ0v) is 16.8. The Morgan fingerprint density at radius 1 is 0.900 bits per heavy atom. The molecule has 6 heteroatoms. The molecule has 0 aliphatic rings. The molecular weight excluding hydrogens is 400 g/mol. The summed E-state index contributed by atoms with van der Waals surface area (Å²) in [5, 5.41) is 1.39. The quantitative estimate of drug-likeness (QED) is 0.327. The van der Waals surface area contributed by atoms with Crippen molar-refractivity contribution in [3.8, 4) is 17.0 Å². The Morgan fingerprint density at radius 2 is 1.63 bits per heavy atom. The van der Waals surface area contributed by atoms with E-state index in [9.17, 15) is 4.79 Å². The van der Waals surface area contributed by atoms with E-state index in [0.29, 0.717) is 22.9 Å². The van der Waals surface area contributed by atoms with Gasteiger partial charge in [-0.3, -0.25) is 9.63 Å². The Balaban J connectivity index is 1.47. The first-order valence-corrected chi connectivity index (χ1v) is 9.84. The molecule has 1 aromatic heterocycles. The van der Waals surface area contributed by atoms with Gasteiger partial charge in [0.2, 0.25) is 0 Å². The summed E-state index contributed by atoms with van der Waals surface area (Å²) in [4.78, 5) is 22.8. The zero-order valence-electron chi connectivity index (χ0n) is 16.0. The van der Waals surface area contributed by atoms with Crippen LogP contribution in [0.1, 0.15) is 10.4 Å². The van der Waals surface area contributed by atoms with Crippen molar-refractivity contribution in [1.82, 2.24) is 10.5 Å². The summed E-state index contributed by atoms with van der Waals surface area (Å²) in [5.74, 6) is 0.406. The van der Waals surface area contributed by atoms with Crippen molar-refractivity contribution in [2.75, 3.05) is 13.2 Å². The first-order chi connectivity index (χ1) is 14.7. The van der Waals surface area contributed by atoms with E-state index in [1.807, 2.05) is 66.7 Å². The monoisotopic (exact) mass is 418 g/mol. The lowest BCUT2D eigenvalue weighted by Crippen LogP contribution is -2.26. The van der Waals surface area contributed by atoms with E-state index < -0.39 is 0 Å². The topological polar surface area (TPSA) is 60.5 Å². The molecule has 1 N–H and O–H groups in total. The highest BCUT2D eigenvalue weighted by Crippen LogP contribution is 2.26. The SMILES string of the molecule is O=C(NOCCOc1ccccc1)c1cc(-c2ccc(Cl)cc2)nc2ccccc12. The molecule has 0 aliphatic carbocycles.